The molecule has 6 nitrogen and oxygen atoms in total. The Bertz CT molecular complexity index is 620. The number of nitrogens with one attached hydrogen (secondary N) is 3. The average molecular weight is 305 g/mol. The van der Waals surface area contributed by atoms with E-state index in [1.165, 1.54) is 0 Å². The SMILES string of the molecule is CCCc1nc(CNC(=O)C2NCCc3[nH]cnc32)cs1. The van der Waals surface area contributed by atoms with Crippen LogP contribution in [0.3, 0.4) is 0 Å². The van der Waals surface area contributed by atoms with Crippen LogP contribution in [0.1, 0.15) is 41.5 Å². The first-order valence-corrected chi connectivity index (χ1v) is 8.12. The predicted octanol–water partition coefficient (Wildman–Crippen LogP) is 1.32. The van der Waals surface area contributed by atoms with Gasteiger partial charge in [0.15, 0.2) is 0 Å². The highest BCUT2D eigenvalue weighted by atomic mass is 32.1. The molecule has 0 bridgehead atoms. The van der Waals surface area contributed by atoms with Crippen molar-refractivity contribution in [3.8, 4) is 0 Å². The van der Waals surface area contributed by atoms with E-state index in [0.29, 0.717) is 6.54 Å². The quantitative estimate of drug-likeness (QED) is 0.778. The lowest BCUT2D eigenvalue weighted by Crippen LogP contribution is -2.41. The van der Waals surface area contributed by atoms with E-state index in [0.717, 1.165) is 47.9 Å². The highest BCUT2D eigenvalue weighted by Gasteiger charge is 2.28. The molecule has 3 rings (SSSR count). The Kier molecular flexibility index (Phi) is 4.31. The van der Waals surface area contributed by atoms with Crippen LogP contribution in [0, 0.1) is 0 Å². The Balaban J connectivity index is 1.60. The second-order valence-corrected chi connectivity index (χ2v) is 6.05. The van der Waals surface area contributed by atoms with Crippen LogP contribution in [-0.2, 0) is 24.2 Å². The molecule has 3 N–H and O–H groups in total. The first-order valence-electron chi connectivity index (χ1n) is 7.24. The number of fused-ring (bicyclic) bond motifs is 1. The number of hydrogen-bond donors (Lipinski definition) is 3. The number of H-pyrrole nitrogens is 1. The number of imidazole rings is 1. The van der Waals surface area contributed by atoms with E-state index in [9.17, 15) is 4.79 Å². The lowest BCUT2D eigenvalue weighted by atomic mass is 10.1. The van der Waals surface area contributed by atoms with E-state index in [-0.39, 0.29) is 11.9 Å². The Labute approximate surface area is 127 Å². The van der Waals surface area contributed by atoms with Gasteiger partial charge in [-0.2, -0.15) is 0 Å². The van der Waals surface area contributed by atoms with Crippen LogP contribution in [0.2, 0.25) is 0 Å². The monoisotopic (exact) mass is 305 g/mol. The molecule has 0 aromatic carbocycles. The number of rotatable bonds is 5. The second kappa shape index (κ2) is 6.36. The molecule has 1 unspecified atom stereocenters. The number of aromatic nitrogens is 3. The number of hydrogen-bond acceptors (Lipinski definition) is 5. The Morgan fingerprint density at radius 1 is 1.57 bits per heavy atom. The zero-order chi connectivity index (χ0) is 14.7. The van der Waals surface area contributed by atoms with Gasteiger partial charge in [0, 0.05) is 24.0 Å². The van der Waals surface area contributed by atoms with Crippen molar-refractivity contribution in [2.45, 2.75) is 38.8 Å². The van der Waals surface area contributed by atoms with Gasteiger partial charge in [0.1, 0.15) is 6.04 Å². The van der Waals surface area contributed by atoms with Gasteiger partial charge in [-0.25, -0.2) is 9.97 Å². The van der Waals surface area contributed by atoms with Crippen LogP contribution >= 0.6 is 11.3 Å². The van der Waals surface area contributed by atoms with Crippen molar-refractivity contribution in [1.29, 1.82) is 0 Å². The Morgan fingerprint density at radius 2 is 2.48 bits per heavy atom. The number of aryl methyl sites for hydroxylation is 1. The van der Waals surface area contributed by atoms with Crippen molar-refractivity contribution < 1.29 is 4.79 Å². The number of aromatic amines is 1. The summed E-state index contributed by atoms with van der Waals surface area (Å²) in [7, 11) is 0. The smallest absolute Gasteiger partial charge is 0.243 e. The topological polar surface area (TPSA) is 82.7 Å². The fraction of sp³-hybridized carbons (Fsp3) is 0.500. The van der Waals surface area contributed by atoms with Crippen molar-refractivity contribution in [1.82, 2.24) is 25.6 Å². The minimum absolute atomic E-state index is 0.0481. The third kappa shape index (κ3) is 3.14. The van der Waals surface area contributed by atoms with Gasteiger partial charge in [-0.05, 0) is 12.8 Å². The van der Waals surface area contributed by atoms with Gasteiger partial charge in [-0.15, -0.1) is 11.3 Å². The highest BCUT2D eigenvalue weighted by molar-refractivity contribution is 7.09. The molecular weight excluding hydrogens is 286 g/mol. The molecule has 0 radical (unpaired) electrons. The first-order chi connectivity index (χ1) is 10.3. The number of thiazole rings is 1. The van der Waals surface area contributed by atoms with Crippen LogP contribution < -0.4 is 10.6 Å². The predicted molar refractivity (Wildman–Crippen MR) is 81.0 cm³/mol. The molecule has 7 heteroatoms. The molecule has 1 aliphatic heterocycles. The van der Waals surface area contributed by atoms with E-state index in [1.54, 1.807) is 17.7 Å². The van der Waals surface area contributed by atoms with E-state index in [2.05, 4.69) is 32.5 Å². The van der Waals surface area contributed by atoms with Crippen molar-refractivity contribution in [2.75, 3.05) is 6.54 Å². The maximum absolute atomic E-state index is 12.3. The lowest BCUT2D eigenvalue weighted by Gasteiger charge is -2.21. The maximum Gasteiger partial charge on any atom is 0.243 e. The van der Waals surface area contributed by atoms with Gasteiger partial charge in [0.2, 0.25) is 5.91 Å². The summed E-state index contributed by atoms with van der Waals surface area (Å²) in [6, 6.07) is -0.367. The van der Waals surface area contributed by atoms with Gasteiger partial charge in [-0.3, -0.25) is 4.79 Å². The summed E-state index contributed by atoms with van der Waals surface area (Å²) in [4.78, 5) is 24.2. The molecule has 0 fully saturated rings. The van der Waals surface area contributed by atoms with Crippen molar-refractivity contribution in [3.05, 3.63) is 33.8 Å². The molecule has 0 saturated heterocycles. The largest absolute Gasteiger partial charge is 0.349 e. The van der Waals surface area contributed by atoms with Gasteiger partial charge in [0.25, 0.3) is 0 Å². The lowest BCUT2D eigenvalue weighted by molar-refractivity contribution is -0.123. The first kappa shape index (κ1) is 14.2. The summed E-state index contributed by atoms with van der Waals surface area (Å²) in [6.07, 6.45) is 4.62. The number of nitrogens with zero attached hydrogens (tertiary/aromatic N) is 2. The van der Waals surface area contributed by atoms with E-state index >= 15 is 0 Å². The number of carbonyl (C=O) groups is 1. The normalized spacial score (nSPS) is 17.5. The molecular formula is C14H19N5OS. The maximum atomic E-state index is 12.3. The van der Waals surface area contributed by atoms with Crippen LogP contribution in [0.15, 0.2) is 11.7 Å². The minimum Gasteiger partial charge on any atom is -0.349 e. The summed E-state index contributed by atoms with van der Waals surface area (Å²) in [5.41, 5.74) is 2.78. The molecule has 0 spiro atoms. The van der Waals surface area contributed by atoms with E-state index in [4.69, 9.17) is 0 Å². The zero-order valence-corrected chi connectivity index (χ0v) is 12.8. The average Bonchev–Trinajstić information content (AvgIpc) is 3.13. The van der Waals surface area contributed by atoms with Crippen LogP contribution in [-0.4, -0.2) is 27.4 Å². The summed E-state index contributed by atoms with van der Waals surface area (Å²) in [5.74, 6) is -0.0481. The Morgan fingerprint density at radius 3 is 3.33 bits per heavy atom. The van der Waals surface area contributed by atoms with Crippen LogP contribution in [0.4, 0.5) is 0 Å². The van der Waals surface area contributed by atoms with Crippen LogP contribution in [0.25, 0.3) is 0 Å². The molecule has 2 aromatic rings. The molecule has 0 aliphatic carbocycles. The van der Waals surface area contributed by atoms with Gasteiger partial charge in [-0.1, -0.05) is 6.92 Å². The van der Waals surface area contributed by atoms with E-state index < -0.39 is 0 Å². The van der Waals surface area contributed by atoms with Crippen molar-refractivity contribution >= 4 is 17.2 Å². The molecule has 1 amide bonds. The molecule has 3 heterocycles. The van der Waals surface area contributed by atoms with Crippen molar-refractivity contribution in [3.63, 3.8) is 0 Å². The van der Waals surface area contributed by atoms with Gasteiger partial charge in [0.05, 0.1) is 29.3 Å². The fourth-order valence-corrected chi connectivity index (χ4v) is 3.37. The summed E-state index contributed by atoms with van der Waals surface area (Å²) in [6.45, 7) is 3.39. The van der Waals surface area contributed by atoms with E-state index in [1.807, 2.05) is 5.38 Å². The summed E-state index contributed by atoms with van der Waals surface area (Å²) < 4.78 is 0. The second-order valence-electron chi connectivity index (χ2n) is 5.10. The molecule has 21 heavy (non-hydrogen) atoms. The van der Waals surface area contributed by atoms with Crippen LogP contribution in [0.5, 0.6) is 0 Å². The standard InChI is InChI=1S/C14H19N5OS/c1-2-3-11-19-9(7-21-11)6-16-14(20)13-12-10(4-5-15-13)17-8-18-12/h7-8,13,15H,2-6H2,1H3,(H,16,20)(H,17,18). The van der Waals surface area contributed by atoms with Crippen molar-refractivity contribution in [2.24, 2.45) is 0 Å². The molecule has 1 aliphatic rings. The molecule has 0 saturated carbocycles. The highest BCUT2D eigenvalue weighted by Crippen LogP contribution is 2.19. The number of amides is 1. The third-order valence-corrected chi connectivity index (χ3v) is 4.48. The molecule has 1 atom stereocenters. The Hall–Kier alpha value is -1.73. The number of carbonyl (C=O) groups excluding carboxylic acids is 1. The molecule has 112 valence electrons. The third-order valence-electron chi connectivity index (χ3n) is 3.52. The van der Waals surface area contributed by atoms with Gasteiger partial charge < -0.3 is 15.6 Å². The summed E-state index contributed by atoms with van der Waals surface area (Å²) in [5, 5.41) is 9.30. The summed E-state index contributed by atoms with van der Waals surface area (Å²) >= 11 is 1.66. The minimum atomic E-state index is -0.367. The fourth-order valence-electron chi connectivity index (χ4n) is 2.47. The van der Waals surface area contributed by atoms with Gasteiger partial charge >= 0.3 is 0 Å². The zero-order valence-electron chi connectivity index (χ0n) is 12.0. The molecule has 2 aromatic heterocycles.